The van der Waals surface area contributed by atoms with E-state index in [-0.39, 0.29) is 27.4 Å². The fourth-order valence-corrected chi connectivity index (χ4v) is 4.54. The van der Waals surface area contributed by atoms with Gasteiger partial charge in [-0.25, -0.2) is 9.78 Å². The molecule has 0 atom stereocenters. The van der Waals surface area contributed by atoms with E-state index < -0.39 is 17.7 Å². The molecular weight excluding hydrogens is 419 g/mol. The van der Waals surface area contributed by atoms with Gasteiger partial charge in [-0.05, 0) is 12.0 Å². The maximum Gasteiger partial charge on any atom is 0.417 e. The summed E-state index contributed by atoms with van der Waals surface area (Å²) < 4.78 is 45.6. The summed E-state index contributed by atoms with van der Waals surface area (Å²) >= 11 is 0.831. The molecule has 3 heterocycles. The van der Waals surface area contributed by atoms with Crippen LogP contribution < -0.4 is 4.90 Å². The van der Waals surface area contributed by atoms with Crippen LogP contribution in [0.2, 0.25) is 0 Å². The minimum Gasteiger partial charge on any atom is -0.465 e. The number of ether oxygens (including phenoxy) is 1. The van der Waals surface area contributed by atoms with Crippen LogP contribution in [-0.2, 0) is 15.7 Å². The van der Waals surface area contributed by atoms with E-state index >= 15 is 0 Å². The van der Waals surface area contributed by atoms with Crippen LogP contribution in [0.5, 0.6) is 0 Å². The van der Waals surface area contributed by atoms with Gasteiger partial charge in [-0.15, -0.1) is 11.3 Å². The van der Waals surface area contributed by atoms with E-state index in [1.54, 1.807) is 4.90 Å². The molecule has 0 unspecified atom stereocenters. The van der Waals surface area contributed by atoms with Crippen molar-refractivity contribution in [2.75, 3.05) is 44.7 Å². The minimum absolute atomic E-state index is 0.00576. The number of piperazine rings is 1. The van der Waals surface area contributed by atoms with Crippen molar-refractivity contribution in [2.45, 2.75) is 26.4 Å². The molecule has 0 spiro atoms. The molecule has 0 aromatic carbocycles. The third-order valence-electron chi connectivity index (χ3n) is 4.95. The van der Waals surface area contributed by atoms with Crippen molar-refractivity contribution in [1.29, 1.82) is 0 Å². The Balaban J connectivity index is 1.84. The number of methoxy groups -OCH3 is 1. The zero-order valence-electron chi connectivity index (χ0n) is 17.1. The summed E-state index contributed by atoms with van der Waals surface area (Å²) in [6.45, 7) is 6.33. The van der Waals surface area contributed by atoms with E-state index in [0.717, 1.165) is 17.4 Å². The fourth-order valence-electron chi connectivity index (χ4n) is 3.53. The van der Waals surface area contributed by atoms with Gasteiger partial charge in [-0.1, -0.05) is 13.8 Å². The largest absolute Gasteiger partial charge is 0.465 e. The van der Waals surface area contributed by atoms with Crippen LogP contribution in [0.15, 0.2) is 11.4 Å². The number of fused-ring (bicyclic) bond motifs is 1. The van der Waals surface area contributed by atoms with Crippen molar-refractivity contribution in [3.05, 3.63) is 22.6 Å². The van der Waals surface area contributed by atoms with E-state index in [0.29, 0.717) is 45.1 Å². The lowest BCUT2D eigenvalue weighted by atomic mass is 10.1. The number of hydrogen-bond donors (Lipinski definition) is 0. The highest BCUT2D eigenvalue weighted by atomic mass is 32.1. The predicted molar refractivity (Wildman–Crippen MR) is 109 cm³/mol. The Bertz CT molecular complexity index is 935. The van der Waals surface area contributed by atoms with Gasteiger partial charge in [0.2, 0.25) is 0 Å². The lowest BCUT2D eigenvalue weighted by Gasteiger charge is -2.35. The van der Waals surface area contributed by atoms with Crippen molar-refractivity contribution >= 4 is 39.1 Å². The molecule has 0 bridgehead atoms. The molecule has 0 aliphatic carbocycles. The summed E-state index contributed by atoms with van der Waals surface area (Å²) in [6.07, 6.45) is -4.05. The smallest absolute Gasteiger partial charge is 0.417 e. The van der Waals surface area contributed by atoms with E-state index in [9.17, 15) is 22.8 Å². The van der Waals surface area contributed by atoms with Gasteiger partial charge >= 0.3 is 12.1 Å². The molecule has 0 radical (unpaired) electrons. The Morgan fingerprint density at radius 1 is 1.23 bits per heavy atom. The Labute approximate surface area is 176 Å². The summed E-state index contributed by atoms with van der Waals surface area (Å²) in [5.74, 6) is -0.0810. The Morgan fingerprint density at radius 2 is 1.90 bits per heavy atom. The SMILES string of the molecule is COC(=O)c1csc2c(C(F)(F)F)cc(N3CCN(CC(=O)CC(C)C)CC3)nc12. The predicted octanol–water partition coefficient (Wildman–Crippen LogP) is 3.84. The first-order valence-corrected chi connectivity index (χ1v) is 10.5. The molecule has 0 N–H and O–H groups in total. The van der Waals surface area contributed by atoms with Gasteiger partial charge < -0.3 is 9.64 Å². The third kappa shape index (κ3) is 4.92. The van der Waals surface area contributed by atoms with Gasteiger partial charge in [-0.2, -0.15) is 13.2 Å². The van der Waals surface area contributed by atoms with Gasteiger partial charge in [0, 0.05) is 38.0 Å². The molecule has 6 nitrogen and oxygen atoms in total. The average molecular weight is 443 g/mol. The summed E-state index contributed by atoms with van der Waals surface area (Å²) in [4.78, 5) is 32.2. The topological polar surface area (TPSA) is 62.7 Å². The van der Waals surface area contributed by atoms with Gasteiger partial charge in [-0.3, -0.25) is 9.69 Å². The lowest BCUT2D eigenvalue weighted by molar-refractivity contribution is -0.136. The second kappa shape index (κ2) is 8.89. The van der Waals surface area contributed by atoms with Gasteiger partial charge in [0.1, 0.15) is 11.6 Å². The van der Waals surface area contributed by atoms with Crippen molar-refractivity contribution < 1.29 is 27.5 Å². The minimum atomic E-state index is -4.57. The second-order valence-corrected chi connectivity index (χ2v) is 8.62. The molecule has 164 valence electrons. The monoisotopic (exact) mass is 443 g/mol. The molecule has 30 heavy (non-hydrogen) atoms. The first kappa shape index (κ1) is 22.5. The van der Waals surface area contributed by atoms with Crippen LogP contribution in [0.3, 0.4) is 0 Å². The lowest BCUT2D eigenvalue weighted by Crippen LogP contribution is -2.48. The van der Waals surface area contributed by atoms with Crippen LogP contribution in [0.25, 0.3) is 10.2 Å². The molecule has 2 aromatic rings. The number of carbonyl (C=O) groups is 2. The summed E-state index contributed by atoms with van der Waals surface area (Å²) in [5.41, 5.74) is -0.772. The fraction of sp³-hybridized carbons (Fsp3) is 0.550. The van der Waals surface area contributed by atoms with E-state index in [2.05, 4.69) is 9.72 Å². The zero-order valence-corrected chi connectivity index (χ0v) is 17.9. The Morgan fingerprint density at radius 3 is 2.47 bits per heavy atom. The van der Waals surface area contributed by atoms with Crippen LogP contribution in [0.1, 0.15) is 36.2 Å². The van der Waals surface area contributed by atoms with Crippen molar-refractivity contribution in [2.24, 2.45) is 5.92 Å². The molecule has 1 aliphatic rings. The maximum atomic E-state index is 13.7. The van der Waals surface area contributed by atoms with Crippen LogP contribution in [-0.4, -0.2) is 61.5 Å². The van der Waals surface area contributed by atoms with E-state index in [1.165, 1.54) is 12.5 Å². The molecule has 10 heteroatoms. The van der Waals surface area contributed by atoms with Crippen LogP contribution >= 0.6 is 11.3 Å². The molecular formula is C20H24F3N3O3S. The van der Waals surface area contributed by atoms with Gasteiger partial charge in [0.25, 0.3) is 0 Å². The highest BCUT2D eigenvalue weighted by Gasteiger charge is 2.36. The highest BCUT2D eigenvalue weighted by molar-refractivity contribution is 7.17. The molecule has 3 rings (SSSR count). The summed E-state index contributed by atoms with van der Waals surface area (Å²) in [6, 6.07) is 1.04. The Kier molecular flexibility index (Phi) is 6.66. The normalized spacial score (nSPS) is 15.8. The van der Waals surface area contributed by atoms with Crippen molar-refractivity contribution in [3.63, 3.8) is 0 Å². The van der Waals surface area contributed by atoms with Crippen molar-refractivity contribution in [1.82, 2.24) is 9.88 Å². The number of carbonyl (C=O) groups excluding carboxylic acids is 2. The molecule has 0 amide bonds. The third-order valence-corrected chi connectivity index (χ3v) is 5.95. The highest BCUT2D eigenvalue weighted by Crippen LogP contribution is 2.40. The number of anilines is 1. The first-order chi connectivity index (χ1) is 14.1. The summed E-state index contributed by atoms with van der Waals surface area (Å²) in [5, 5.41) is 1.35. The van der Waals surface area contributed by atoms with Crippen LogP contribution in [0.4, 0.5) is 19.0 Å². The number of pyridine rings is 1. The zero-order chi connectivity index (χ0) is 22.1. The van der Waals surface area contributed by atoms with Gasteiger partial charge in [0.15, 0.2) is 0 Å². The molecule has 1 aliphatic heterocycles. The van der Waals surface area contributed by atoms with Crippen molar-refractivity contribution in [3.8, 4) is 0 Å². The number of aromatic nitrogens is 1. The van der Waals surface area contributed by atoms with Gasteiger partial charge in [0.05, 0.1) is 35.0 Å². The van der Waals surface area contributed by atoms with Crippen LogP contribution in [0, 0.1) is 5.92 Å². The van der Waals surface area contributed by atoms with E-state index in [4.69, 9.17) is 0 Å². The average Bonchev–Trinajstić information content (AvgIpc) is 3.09. The number of thiophene rings is 1. The summed E-state index contributed by atoms with van der Waals surface area (Å²) in [7, 11) is 1.18. The quantitative estimate of drug-likeness (QED) is 0.633. The number of Topliss-reactive ketones (excluding diaryl/α,β-unsaturated/α-hetero) is 1. The number of esters is 1. The molecule has 0 saturated carbocycles. The molecule has 1 saturated heterocycles. The molecule has 1 fully saturated rings. The number of rotatable bonds is 6. The van der Waals surface area contributed by atoms with E-state index in [1.807, 2.05) is 18.7 Å². The number of halogens is 3. The molecule has 2 aromatic heterocycles. The number of nitrogens with zero attached hydrogens (tertiary/aromatic N) is 3. The number of alkyl halides is 3. The standard InChI is InChI=1S/C20H24F3N3O3S/c1-12(2)8-13(27)10-25-4-6-26(7-5-25)16-9-15(20(21,22)23)18-17(24-16)14(11-30-18)19(28)29-3/h9,11-12H,4-8,10H2,1-3H3. The number of hydrogen-bond acceptors (Lipinski definition) is 7. The number of ketones is 1. The second-order valence-electron chi connectivity index (χ2n) is 7.74. The maximum absolute atomic E-state index is 13.7. The first-order valence-electron chi connectivity index (χ1n) is 9.67. The Hall–Kier alpha value is -2.20.